The third-order valence-corrected chi connectivity index (χ3v) is 13.3. The maximum atomic E-state index is 11.9. The molecule has 1 aliphatic rings. The van der Waals surface area contributed by atoms with Crippen molar-refractivity contribution in [2.24, 2.45) is 0 Å². The van der Waals surface area contributed by atoms with Crippen molar-refractivity contribution in [2.45, 2.75) is 41.5 Å². The van der Waals surface area contributed by atoms with Crippen LogP contribution in [-0.4, -0.2) is 49.7 Å². The molecule has 0 atom stereocenters. The number of ketones is 4. The number of nitrogen functional groups attached to an aromatic ring is 1. The Morgan fingerprint density at radius 2 is 0.874 bits per heavy atom. The lowest BCUT2D eigenvalue weighted by Crippen LogP contribution is -2.13. The quantitative estimate of drug-likeness (QED) is 0.0943. The Morgan fingerprint density at radius 1 is 0.484 bits per heavy atom. The number of carbonyl (C=O) groups is 4. The number of fused-ring (bicyclic) bond motifs is 8. The van der Waals surface area contributed by atoms with Crippen molar-refractivity contribution in [1.29, 1.82) is 0 Å². The second-order valence-corrected chi connectivity index (χ2v) is 28.4. The van der Waals surface area contributed by atoms with Crippen molar-refractivity contribution in [1.82, 2.24) is 19.9 Å². The molecule has 0 aliphatic carbocycles. The first-order valence-electron chi connectivity index (χ1n) is 28.6. The van der Waals surface area contributed by atoms with Gasteiger partial charge in [0, 0.05) is 38.6 Å². The van der Waals surface area contributed by atoms with E-state index in [2.05, 4.69) is 70.4 Å². The lowest BCUT2D eigenvalue weighted by atomic mass is 10.1. The Kier molecular flexibility index (Phi) is 26.9. The molecule has 0 saturated carbocycles. The highest BCUT2D eigenvalue weighted by atomic mass is 36.0. The molecule has 7 aromatic carbocycles. The number of furan rings is 3. The van der Waals surface area contributed by atoms with Gasteiger partial charge in [-0.3, -0.25) is 14.2 Å². The van der Waals surface area contributed by atoms with Crippen molar-refractivity contribution < 1.29 is 41.7 Å². The van der Waals surface area contributed by atoms with Gasteiger partial charge < -0.3 is 53.7 Å². The van der Waals surface area contributed by atoms with E-state index < -0.39 is 5.20 Å². The third kappa shape index (κ3) is 21.5. The maximum Gasteiger partial charge on any atom is 0.339 e. The number of rotatable bonds is 4. The van der Waals surface area contributed by atoms with E-state index in [4.69, 9.17) is 58.5 Å². The van der Waals surface area contributed by atoms with Gasteiger partial charge in [0.2, 0.25) is 34.2 Å². The molecule has 0 amide bonds. The summed E-state index contributed by atoms with van der Waals surface area (Å²) in [5.41, 5.74) is 15.0. The van der Waals surface area contributed by atoms with Gasteiger partial charge in [-0.25, -0.2) is 15.0 Å². The summed E-state index contributed by atoms with van der Waals surface area (Å²) in [5.74, 6) is 0.542. The summed E-state index contributed by atoms with van der Waals surface area (Å²) in [6.45, 7) is 9.12. The van der Waals surface area contributed by atoms with E-state index in [1.807, 2.05) is 170 Å². The largest absolute Gasteiger partial charge is 0.470 e. The summed E-state index contributed by atoms with van der Waals surface area (Å²) in [4.78, 5) is 67.9. The van der Waals surface area contributed by atoms with Gasteiger partial charge >= 0.3 is 5.20 Å². The molecule has 15 rings (SSSR count). The Balaban J connectivity index is 0.000000161. The molecule has 0 unspecified atom stereocenters. The van der Waals surface area contributed by atoms with Crippen LogP contribution in [0.1, 0.15) is 51.9 Å². The number of carbonyl (C=O) groups excluding carboxylic acids is 4. The van der Waals surface area contributed by atoms with Gasteiger partial charge in [-0.05, 0) is 148 Å². The fraction of sp³-hybridized carbons (Fsp3) is 0.0986. The molecule has 0 saturated heterocycles. The minimum Gasteiger partial charge on any atom is -0.470 e. The van der Waals surface area contributed by atoms with Gasteiger partial charge in [0.05, 0.1) is 70.9 Å². The second kappa shape index (κ2) is 35.1. The van der Waals surface area contributed by atoms with E-state index in [0.29, 0.717) is 54.4 Å². The number of ether oxygens (including phenoxy) is 1. The molecule has 0 bridgehead atoms. The van der Waals surface area contributed by atoms with Crippen LogP contribution in [0.5, 0.6) is 5.88 Å². The number of nitrogens with one attached hydrogen (secondary N) is 3. The number of hydrogen-bond acceptors (Lipinski definition) is 16. The predicted octanol–water partition coefficient (Wildman–Crippen LogP) is 21.4. The minimum absolute atomic E-state index is 0.0443. The first-order chi connectivity index (χ1) is 45.4. The number of Topliss-reactive ketones (excluding diaryl/α,β-unsaturated/α-hetero) is 4. The topological polar surface area (TPSA) is 256 Å². The highest BCUT2D eigenvalue weighted by Crippen LogP contribution is 2.61. The van der Waals surface area contributed by atoms with Crippen LogP contribution in [-0.2, 0) is 18.9 Å². The summed E-state index contributed by atoms with van der Waals surface area (Å²) < 4.78 is 30.7. The fourth-order valence-electron chi connectivity index (χ4n) is 8.72. The zero-order chi connectivity index (χ0) is 68.8. The first-order valence-corrected chi connectivity index (χ1v) is 34.1. The molecule has 0 radical (unpaired) electrons. The van der Waals surface area contributed by atoms with Crippen molar-refractivity contribution in [3.63, 3.8) is 0 Å². The molecular weight excluding hydrogens is 1350 g/mol. The lowest BCUT2D eigenvalue weighted by Gasteiger charge is -2.11. The number of aromatic nitrogens is 4. The van der Waals surface area contributed by atoms with E-state index in [1.54, 1.807) is 24.5 Å². The average molecular weight is 1410 g/mol. The maximum absolute atomic E-state index is 11.9. The summed E-state index contributed by atoms with van der Waals surface area (Å²) in [7, 11) is 0. The summed E-state index contributed by atoms with van der Waals surface area (Å²) >= 11 is 32.3. The number of nitrogens with two attached hydrogens (primary N) is 1. The van der Waals surface area contributed by atoms with Gasteiger partial charge in [0.25, 0.3) is 0 Å². The van der Waals surface area contributed by atoms with Gasteiger partial charge in [-0.2, -0.15) is 0 Å². The van der Waals surface area contributed by atoms with Crippen LogP contribution in [0.4, 0.5) is 28.4 Å². The third-order valence-electron chi connectivity index (χ3n) is 12.4. The molecule has 17 nitrogen and oxygen atoms in total. The molecule has 0 spiro atoms. The number of halogens is 6. The number of aromatic amines is 1. The predicted molar refractivity (Wildman–Crippen MR) is 389 cm³/mol. The fourth-order valence-corrected chi connectivity index (χ4v) is 9.55. The smallest absolute Gasteiger partial charge is 0.339 e. The second-order valence-electron chi connectivity index (χ2n) is 20.5. The van der Waals surface area contributed by atoms with E-state index in [-0.39, 0.29) is 40.7 Å². The average Bonchev–Trinajstić information content (AvgIpc) is 1.78. The van der Waals surface area contributed by atoms with Crippen LogP contribution < -0.4 is 26.5 Å². The van der Waals surface area contributed by atoms with Crippen molar-refractivity contribution in [3.8, 4) is 5.88 Å². The normalized spacial score (nSPS) is 10.8. The minimum atomic E-state index is -3.22. The monoisotopic (exact) mass is 1410 g/mol. The van der Waals surface area contributed by atoms with Gasteiger partial charge in [-0.15, -0.1) is 0 Å². The lowest BCUT2D eigenvalue weighted by molar-refractivity contribution is -0.115. The van der Waals surface area contributed by atoms with Crippen LogP contribution in [0.25, 0.3) is 76.9 Å². The van der Waals surface area contributed by atoms with Crippen LogP contribution in [0, 0.1) is 0 Å². The zero-order valence-corrected chi connectivity index (χ0v) is 57.1. The Morgan fingerprint density at radius 3 is 1.37 bits per heavy atom. The molecule has 5 N–H and O–H groups in total. The van der Waals surface area contributed by atoms with Crippen LogP contribution in [0.15, 0.2) is 231 Å². The molecule has 95 heavy (non-hydrogen) atoms. The standard InChI is InChI=1S/C17H11ClN2O.C17H12N2O.C11H5Cl2NO.C11H7NO3.C6H7N.3C3H6O.Cl3OP/c18-13-10-21-17-15(13)16(19-11-6-2-1-3-7-11)12-8-4-5-9-14(12)20-17;1-2-6-12(7-3-1)18-16-13-8-4-5-9-15(13)19-17-14(16)10-11-20-17;12-7-5-15-11-9(7)10(13)6-3-1-2-4-8(6)14-11;13-8-5-15-11-9(8)10(14)6-3-1-2-4-7(6)12-11;7-6-4-2-1-3-5-6;3*1-3(2)4;1-5(2,3)4/h1-10H,(H,19,20);1-11H,(H,18,19);1-5H;1-4H,5H2,(H,12,14);1-5H,7H2;3*1-2H3;. The number of pyridine rings is 4. The molecule has 24 heteroatoms. The molecule has 7 aromatic heterocycles. The number of nitrogens with zero attached hydrogens (tertiary/aromatic N) is 3. The molecule has 8 heterocycles. The van der Waals surface area contributed by atoms with E-state index in [9.17, 15) is 28.5 Å². The molecule has 1 aliphatic heterocycles. The van der Waals surface area contributed by atoms with Crippen molar-refractivity contribution in [2.75, 3.05) is 23.0 Å². The summed E-state index contributed by atoms with van der Waals surface area (Å²) in [6.07, 6.45) is 4.64. The first kappa shape index (κ1) is 72.9. The van der Waals surface area contributed by atoms with Crippen LogP contribution >= 0.6 is 73.7 Å². The van der Waals surface area contributed by atoms with Crippen LogP contribution in [0.3, 0.4) is 0 Å². The Hall–Kier alpha value is -9.55. The number of hydrogen-bond donors (Lipinski definition) is 4. The van der Waals surface area contributed by atoms with Gasteiger partial charge in [-0.1, -0.05) is 156 Å². The summed E-state index contributed by atoms with van der Waals surface area (Å²) in [6, 6.07) is 62.2. The molecular formula is C71H60Cl6N7O10P. The number of anilines is 5. The van der Waals surface area contributed by atoms with E-state index in [0.717, 1.165) is 71.9 Å². The Labute approximate surface area is 574 Å². The van der Waals surface area contributed by atoms with Crippen molar-refractivity contribution in [3.05, 3.63) is 244 Å². The Bertz CT molecular complexity index is 5020. The summed E-state index contributed by atoms with van der Waals surface area (Å²) in [5, 5.41) is 11.3. The van der Waals surface area contributed by atoms with E-state index >= 15 is 0 Å². The van der Waals surface area contributed by atoms with Crippen molar-refractivity contribution >= 4 is 202 Å². The highest BCUT2D eigenvalue weighted by Gasteiger charge is 2.26. The van der Waals surface area contributed by atoms with Gasteiger partial charge in [0.15, 0.2) is 6.61 Å². The SMILES string of the molecule is CC(C)=O.CC(C)=O.CC(C)=O.Clc1coc2nc3ccccc3c(Cl)c12.Clc1coc2nc3ccccc3c(Nc3ccccc3)c12.Nc1ccccc1.O=C1COc2[nH]c3ccccc3c(=O)c21.O=P(Cl)(Cl)Cl.c1ccc(Nc2c3ccccc3nc3occc23)cc1. The van der Waals surface area contributed by atoms with Gasteiger partial charge in [0.1, 0.15) is 35.4 Å². The zero-order valence-electron chi connectivity index (χ0n) is 51.6. The number of benzene rings is 7. The molecule has 486 valence electrons. The number of para-hydroxylation sites is 7. The number of H-pyrrole nitrogens is 1. The highest BCUT2D eigenvalue weighted by molar-refractivity contribution is 8.24. The van der Waals surface area contributed by atoms with E-state index in [1.165, 1.54) is 54.1 Å². The molecule has 14 aromatic rings. The van der Waals surface area contributed by atoms with Crippen LogP contribution in [0.2, 0.25) is 15.1 Å². The molecule has 0 fully saturated rings.